The minimum atomic E-state index is 0.458. The third-order valence-electron chi connectivity index (χ3n) is 1.46. The molecule has 0 aliphatic rings. The van der Waals surface area contributed by atoms with Gasteiger partial charge in [0.15, 0.2) is 0 Å². The van der Waals surface area contributed by atoms with Crippen LogP contribution in [0.5, 0.6) is 5.75 Å². The van der Waals surface area contributed by atoms with E-state index in [2.05, 4.69) is 5.92 Å². The average Bonchev–Trinajstić information content (AvgIpc) is 2.11. The van der Waals surface area contributed by atoms with Crippen molar-refractivity contribution in [1.82, 2.24) is 0 Å². The minimum Gasteiger partial charge on any atom is -0.491 e. The first-order chi connectivity index (χ1) is 6.24. The summed E-state index contributed by atoms with van der Waals surface area (Å²) >= 11 is 5.84. The Bertz CT molecular complexity index is 330. The summed E-state index contributed by atoms with van der Waals surface area (Å²) in [6.07, 6.45) is 5.63. The SMILES string of the molecule is C#CCCOc1cc(N)ccc1Cl. The lowest BCUT2D eigenvalue weighted by atomic mass is 10.3. The van der Waals surface area contributed by atoms with Crippen molar-refractivity contribution in [2.45, 2.75) is 6.42 Å². The van der Waals surface area contributed by atoms with Crippen LogP contribution in [0.2, 0.25) is 5.02 Å². The van der Waals surface area contributed by atoms with Gasteiger partial charge in [0, 0.05) is 18.2 Å². The van der Waals surface area contributed by atoms with Gasteiger partial charge in [-0.1, -0.05) is 11.6 Å². The van der Waals surface area contributed by atoms with E-state index in [1.165, 1.54) is 0 Å². The zero-order valence-electron chi connectivity index (χ0n) is 7.09. The molecule has 1 aromatic carbocycles. The van der Waals surface area contributed by atoms with Gasteiger partial charge in [0.2, 0.25) is 0 Å². The highest BCUT2D eigenvalue weighted by Gasteiger charge is 2.00. The predicted octanol–water partition coefficient (Wildman–Crippen LogP) is 2.32. The molecule has 0 amide bonds. The minimum absolute atomic E-state index is 0.458. The number of terminal acetylenes is 1. The Labute approximate surface area is 82.6 Å². The molecule has 0 atom stereocenters. The maximum absolute atomic E-state index is 5.84. The summed E-state index contributed by atoms with van der Waals surface area (Å²) in [6.45, 7) is 0.458. The van der Waals surface area contributed by atoms with E-state index in [9.17, 15) is 0 Å². The average molecular weight is 196 g/mol. The van der Waals surface area contributed by atoms with E-state index in [1.807, 2.05) is 0 Å². The van der Waals surface area contributed by atoms with Crippen molar-refractivity contribution in [2.75, 3.05) is 12.3 Å². The van der Waals surface area contributed by atoms with Gasteiger partial charge in [-0.3, -0.25) is 0 Å². The zero-order valence-corrected chi connectivity index (χ0v) is 7.84. The molecular weight excluding hydrogens is 186 g/mol. The molecule has 0 aliphatic carbocycles. The van der Waals surface area contributed by atoms with Crippen molar-refractivity contribution in [3.8, 4) is 18.1 Å². The quantitative estimate of drug-likeness (QED) is 0.457. The Balaban J connectivity index is 2.65. The molecule has 68 valence electrons. The fourth-order valence-corrected chi connectivity index (χ4v) is 1.02. The van der Waals surface area contributed by atoms with Gasteiger partial charge in [-0.05, 0) is 12.1 Å². The summed E-state index contributed by atoms with van der Waals surface area (Å²) in [4.78, 5) is 0. The summed E-state index contributed by atoms with van der Waals surface area (Å²) < 4.78 is 5.30. The molecule has 0 aromatic heterocycles. The molecule has 0 radical (unpaired) electrons. The van der Waals surface area contributed by atoms with E-state index >= 15 is 0 Å². The molecule has 0 saturated heterocycles. The second-order valence-electron chi connectivity index (χ2n) is 2.49. The van der Waals surface area contributed by atoms with E-state index in [4.69, 9.17) is 28.5 Å². The van der Waals surface area contributed by atoms with Gasteiger partial charge < -0.3 is 10.5 Å². The molecular formula is C10H10ClNO. The zero-order chi connectivity index (χ0) is 9.68. The molecule has 2 N–H and O–H groups in total. The standard InChI is InChI=1S/C10H10ClNO/c1-2-3-6-13-10-7-8(12)4-5-9(10)11/h1,4-5,7H,3,6,12H2. The molecule has 0 saturated carbocycles. The number of nitrogens with two attached hydrogens (primary N) is 1. The van der Waals surface area contributed by atoms with Crippen molar-refractivity contribution in [3.63, 3.8) is 0 Å². The van der Waals surface area contributed by atoms with Gasteiger partial charge >= 0.3 is 0 Å². The van der Waals surface area contributed by atoms with E-state index in [-0.39, 0.29) is 0 Å². The fraction of sp³-hybridized carbons (Fsp3) is 0.200. The predicted molar refractivity (Wildman–Crippen MR) is 54.8 cm³/mol. The first-order valence-electron chi connectivity index (χ1n) is 3.85. The summed E-state index contributed by atoms with van der Waals surface area (Å²) in [7, 11) is 0. The Morgan fingerprint density at radius 3 is 3.00 bits per heavy atom. The van der Waals surface area contributed by atoms with Crippen LogP contribution in [0.15, 0.2) is 18.2 Å². The van der Waals surface area contributed by atoms with Gasteiger partial charge in [-0.2, -0.15) is 0 Å². The molecule has 0 spiro atoms. The van der Waals surface area contributed by atoms with Crippen molar-refractivity contribution >= 4 is 17.3 Å². The number of anilines is 1. The van der Waals surface area contributed by atoms with Crippen molar-refractivity contribution in [1.29, 1.82) is 0 Å². The molecule has 13 heavy (non-hydrogen) atoms. The largest absolute Gasteiger partial charge is 0.491 e. The lowest BCUT2D eigenvalue weighted by molar-refractivity contribution is 0.327. The highest BCUT2D eigenvalue weighted by Crippen LogP contribution is 2.26. The highest BCUT2D eigenvalue weighted by atomic mass is 35.5. The van der Waals surface area contributed by atoms with Crippen molar-refractivity contribution in [3.05, 3.63) is 23.2 Å². The number of hydrogen-bond acceptors (Lipinski definition) is 2. The lowest BCUT2D eigenvalue weighted by Gasteiger charge is -2.06. The van der Waals surface area contributed by atoms with Crippen LogP contribution in [0.4, 0.5) is 5.69 Å². The van der Waals surface area contributed by atoms with E-state index in [1.54, 1.807) is 18.2 Å². The van der Waals surface area contributed by atoms with Gasteiger partial charge in [-0.25, -0.2) is 0 Å². The first-order valence-corrected chi connectivity index (χ1v) is 4.23. The maximum atomic E-state index is 5.84. The van der Waals surface area contributed by atoms with Crippen LogP contribution in [0.25, 0.3) is 0 Å². The van der Waals surface area contributed by atoms with Gasteiger partial charge in [0.05, 0.1) is 11.6 Å². The molecule has 0 bridgehead atoms. The van der Waals surface area contributed by atoms with Gasteiger partial charge in [0.1, 0.15) is 5.75 Å². The van der Waals surface area contributed by atoms with Crippen LogP contribution >= 0.6 is 11.6 Å². The van der Waals surface area contributed by atoms with Crippen LogP contribution < -0.4 is 10.5 Å². The molecule has 3 heteroatoms. The number of nitrogen functional groups attached to an aromatic ring is 1. The third-order valence-corrected chi connectivity index (χ3v) is 1.77. The van der Waals surface area contributed by atoms with Crippen LogP contribution in [0, 0.1) is 12.3 Å². The molecule has 1 aromatic rings. The summed E-state index contributed by atoms with van der Waals surface area (Å²) in [6, 6.07) is 5.09. The smallest absolute Gasteiger partial charge is 0.139 e. The topological polar surface area (TPSA) is 35.2 Å². The summed E-state index contributed by atoms with van der Waals surface area (Å²) in [5.74, 6) is 3.05. The first kappa shape index (κ1) is 9.76. The van der Waals surface area contributed by atoms with E-state index < -0.39 is 0 Å². The van der Waals surface area contributed by atoms with E-state index in [0.717, 1.165) is 0 Å². The molecule has 1 rings (SSSR count). The fourth-order valence-electron chi connectivity index (χ4n) is 0.850. The van der Waals surface area contributed by atoms with Crippen LogP contribution in [0.1, 0.15) is 6.42 Å². The van der Waals surface area contributed by atoms with Crippen LogP contribution in [0.3, 0.4) is 0 Å². The second-order valence-corrected chi connectivity index (χ2v) is 2.90. The van der Waals surface area contributed by atoms with E-state index in [0.29, 0.717) is 29.5 Å². The monoisotopic (exact) mass is 195 g/mol. The number of rotatable bonds is 3. The Morgan fingerprint density at radius 1 is 1.54 bits per heavy atom. The molecule has 2 nitrogen and oxygen atoms in total. The summed E-state index contributed by atoms with van der Waals surface area (Å²) in [5.41, 5.74) is 6.18. The van der Waals surface area contributed by atoms with Crippen molar-refractivity contribution in [2.24, 2.45) is 0 Å². The normalized spacial score (nSPS) is 9.23. The Hall–Kier alpha value is -1.33. The Kier molecular flexibility index (Phi) is 3.48. The second kappa shape index (κ2) is 4.64. The number of ether oxygens (including phenoxy) is 1. The van der Waals surface area contributed by atoms with Crippen LogP contribution in [-0.4, -0.2) is 6.61 Å². The molecule has 0 aliphatic heterocycles. The van der Waals surface area contributed by atoms with Gasteiger partial charge in [-0.15, -0.1) is 12.3 Å². The molecule has 0 unspecified atom stereocenters. The number of hydrogen-bond donors (Lipinski definition) is 1. The lowest BCUT2D eigenvalue weighted by Crippen LogP contribution is -1.97. The number of halogens is 1. The Morgan fingerprint density at radius 2 is 2.31 bits per heavy atom. The molecule has 0 fully saturated rings. The molecule has 0 heterocycles. The van der Waals surface area contributed by atoms with Gasteiger partial charge in [0.25, 0.3) is 0 Å². The number of benzene rings is 1. The maximum Gasteiger partial charge on any atom is 0.139 e. The highest BCUT2D eigenvalue weighted by molar-refractivity contribution is 6.32. The summed E-state index contributed by atoms with van der Waals surface area (Å²) in [5, 5.41) is 0.547. The third kappa shape index (κ3) is 2.89. The van der Waals surface area contributed by atoms with Crippen molar-refractivity contribution < 1.29 is 4.74 Å². The van der Waals surface area contributed by atoms with Crippen LogP contribution in [-0.2, 0) is 0 Å².